The minimum atomic E-state index is 0.531. The molecule has 3 aromatic heterocycles. The molecule has 10 rings (SSSR count). The number of hydrogen-bond acceptors (Lipinski definition) is 8. The molecule has 0 saturated heterocycles. The summed E-state index contributed by atoms with van der Waals surface area (Å²) in [5, 5.41) is 2.26. The number of para-hydroxylation sites is 2. The summed E-state index contributed by atoms with van der Waals surface area (Å²) in [4.78, 5) is 29.9. The lowest BCUT2D eigenvalue weighted by molar-refractivity contribution is 0.484. The highest BCUT2D eigenvalue weighted by Crippen LogP contribution is 2.39. The van der Waals surface area contributed by atoms with Crippen molar-refractivity contribution in [3.05, 3.63) is 182 Å². The molecule has 0 radical (unpaired) electrons. The maximum absolute atomic E-state index is 6.33. The van der Waals surface area contributed by atoms with Gasteiger partial charge in [-0.15, -0.1) is 11.3 Å². The zero-order valence-corrected chi connectivity index (χ0v) is 30.6. The van der Waals surface area contributed by atoms with Gasteiger partial charge in [0.2, 0.25) is 0 Å². The average molecular weight is 739 g/mol. The summed E-state index contributed by atoms with van der Waals surface area (Å²) < 4.78 is 8.62. The number of nitrogens with zero attached hydrogens (tertiary/aromatic N) is 6. The van der Waals surface area contributed by atoms with E-state index in [1.165, 1.54) is 0 Å². The Bertz CT molecular complexity index is 2940. The highest BCUT2D eigenvalue weighted by Gasteiger charge is 2.18. The number of thiophene rings is 1. The SMILES string of the molecule is c1ccc(Oc2ccccc2-c2nc(-c3ccccc3)nc(-c3ccc4c(c3)sc3ccc(-c5nc(-c6ccccc6)nc(-c6ccccc6)n5)cc34)n2)cc1. The molecule has 0 atom stereocenters. The van der Waals surface area contributed by atoms with Crippen molar-refractivity contribution in [2.75, 3.05) is 0 Å². The zero-order chi connectivity index (χ0) is 37.3. The van der Waals surface area contributed by atoms with E-state index in [-0.39, 0.29) is 0 Å². The van der Waals surface area contributed by atoms with Crippen molar-refractivity contribution in [1.29, 1.82) is 0 Å². The monoisotopic (exact) mass is 738 g/mol. The predicted octanol–water partition coefficient (Wildman–Crippen LogP) is 12.2. The fourth-order valence-corrected chi connectivity index (χ4v) is 7.82. The molecule has 56 heavy (non-hydrogen) atoms. The van der Waals surface area contributed by atoms with Crippen LogP contribution in [0.4, 0.5) is 0 Å². The summed E-state index contributed by atoms with van der Waals surface area (Å²) in [6.07, 6.45) is 0. The molecular formula is C48H30N6OS. The van der Waals surface area contributed by atoms with E-state index in [9.17, 15) is 0 Å². The largest absolute Gasteiger partial charge is 0.457 e. The van der Waals surface area contributed by atoms with E-state index in [4.69, 9.17) is 34.6 Å². The predicted molar refractivity (Wildman–Crippen MR) is 225 cm³/mol. The molecule has 0 N–H and O–H groups in total. The van der Waals surface area contributed by atoms with Crippen LogP contribution >= 0.6 is 11.3 Å². The first-order valence-electron chi connectivity index (χ1n) is 18.2. The fraction of sp³-hybridized carbons (Fsp3) is 0. The van der Waals surface area contributed by atoms with Gasteiger partial charge in [-0.05, 0) is 48.5 Å². The summed E-state index contributed by atoms with van der Waals surface area (Å²) in [7, 11) is 0. The fourth-order valence-electron chi connectivity index (χ4n) is 6.69. The summed E-state index contributed by atoms with van der Waals surface area (Å²) in [6, 6.07) is 60.5. The van der Waals surface area contributed by atoms with Gasteiger partial charge in [0.15, 0.2) is 34.9 Å². The van der Waals surface area contributed by atoms with Crippen LogP contribution in [0, 0.1) is 0 Å². The van der Waals surface area contributed by atoms with Crippen LogP contribution in [0.15, 0.2) is 182 Å². The van der Waals surface area contributed by atoms with Gasteiger partial charge in [-0.1, -0.05) is 133 Å². The Morgan fingerprint density at radius 1 is 0.321 bits per heavy atom. The second-order valence-electron chi connectivity index (χ2n) is 13.1. The molecule has 10 aromatic rings. The highest BCUT2D eigenvalue weighted by molar-refractivity contribution is 7.25. The van der Waals surface area contributed by atoms with E-state index in [0.717, 1.165) is 59.3 Å². The van der Waals surface area contributed by atoms with Gasteiger partial charge in [-0.2, -0.15) is 0 Å². The quantitative estimate of drug-likeness (QED) is 0.153. The van der Waals surface area contributed by atoms with Gasteiger partial charge in [0.05, 0.1) is 5.56 Å². The van der Waals surface area contributed by atoms with Crippen molar-refractivity contribution < 1.29 is 4.74 Å². The molecule has 264 valence electrons. The molecule has 7 aromatic carbocycles. The van der Waals surface area contributed by atoms with Crippen LogP contribution in [0.1, 0.15) is 0 Å². The third kappa shape index (κ3) is 6.55. The van der Waals surface area contributed by atoms with E-state index in [2.05, 4.69) is 36.4 Å². The summed E-state index contributed by atoms with van der Waals surface area (Å²) >= 11 is 1.73. The lowest BCUT2D eigenvalue weighted by Gasteiger charge is -2.12. The van der Waals surface area contributed by atoms with Gasteiger partial charge >= 0.3 is 0 Å². The van der Waals surface area contributed by atoms with Crippen LogP contribution in [0.25, 0.3) is 88.5 Å². The van der Waals surface area contributed by atoms with Crippen LogP contribution in [-0.2, 0) is 0 Å². The molecule has 7 nitrogen and oxygen atoms in total. The van der Waals surface area contributed by atoms with Gasteiger partial charge in [0, 0.05) is 48.0 Å². The van der Waals surface area contributed by atoms with E-state index >= 15 is 0 Å². The Hall–Kier alpha value is -7.42. The summed E-state index contributed by atoms with van der Waals surface area (Å²) in [6.45, 7) is 0. The summed E-state index contributed by atoms with van der Waals surface area (Å²) in [5.74, 6) is 4.99. The molecule has 3 heterocycles. The Kier molecular flexibility index (Phi) is 8.55. The number of hydrogen-bond donors (Lipinski definition) is 0. The molecule has 0 unspecified atom stereocenters. The van der Waals surface area contributed by atoms with Crippen LogP contribution in [0.2, 0.25) is 0 Å². The van der Waals surface area contributed by atoms with Crippen LogP contribution < -0.4 is 4.74 Å². The van der Waals surface area contributed by atoms with Crippen molar-refractivity contribution in [1.82, 2.24) is 29.9 Å². The first kappa shape index (κ1) is 33.2. The van der Waals surface area contributed by atoms with Crippen molar-refractivity contribution in [2.45, 2.75) is 0 Å². The van der Waals surface area contributed by atoms with E-state index in [0.29, 0.717) is 40.7 Å². The Morgan fingerprint density at radius 2 is 0.768 bits per heavy atom. The van der Waals surface area contributed by atoms with Crippen molar-refractivity contribution in [3.8, 4) is 79.8 Å². The molecule has 0 spiro atoms. The standard InChI is InChI=1S/C48H30N6OS/c1-5-15-31(16-6-1)43-49-44(32-17-7-2-8-18-32)51-46(50-43)34-26-28-41-39(29-34)37-27-25-35(30-42(37)56-41)47-52-45(33-19-9-3-10-20-33)53-48(54-47)38-23-13-14-24-40(38)55-36-21-11-4-12-22-36/h1-30H. The molecule has 0 bridgehead atoms. The Labute approximate surface area is 326 Å². The number of benzene rings is 7. The normalized spacial score (nSPS) is 11.2. The smallest absolute Gasteiger partial charge is 0.167 e. The second kappa shape index (κ2) is 14.4. The average Bonchev–Trinajstić information content (AvgIpc) is 3.65. The van der Waals surface area contributed by atoms with E-state index < -0.39 is 0 Å². The maximum atomic E-state index is 6.33. The maximum Gasteiger partial charge on any atom is 0.167 e. The van der Waals surface area contributed by atoms with Gasteiger partial charge in [0.25, 0.3) is 0 Å². The van der Waals surface area contributed by atoms with Crippen molar-refractivity contribution >= 4 is 31.5 Å². The highest BCUT2D eigenvalue weighted by atomic mass is 32.1. The van der Waals surface area contributed by atoms with Crippen molar-refractivity contribution in [2.24, 2.45) is 0 Å². The van der Waals surface area contributed by atoms with E-state index in [1.807, 2.05) is 146 Å². The third-order valence-corrected chi connectivity index (χ3v) is 10.6. The molecular weight excluding hydrogens is 709 g/mol. The summed E-state index contributed by atoms with van der Waals surface area (Å²) in [5.41, 5.74) is 5.36. The number of fused-ring (bicyclic) bond motifs is 3. The minimum Gasteiger partial charge on any atom is -0.457 e. The third-order valence-electron chi connectivity index (χ3n) is 9.45. The van der Waals surface area contributed by atoms with Gasteiger partial charge in [0.1, 0.15) is 11.5 Å². The first-order valence-corrected chi connectivity index (χ1v) is 19.0. The second-order valence-corrected chi connectivity index (χ2v) is 14.2. The zero-order valence-electron chi connectivity index (χ0n) is 29.8. The Balaban J connectivity index is 1.07. The number of rotatable bonds is 8. The topological polar surface area (TPSA) is 86.6 Å². The molecule has 0 amide bonds. The van der Waals surface area contributed by atoms with Crippen LogP contribution in [0.5, 0.6) is 11.5 Å². The molecule has 0 aliphatic heterocycles. The molecule has 0 aliphatic rings. The van der Waals surface area contributed by atoms with Crippen LogP contribution in [-0.4, -0.2) is 29.9 Å². The van der Waals surface area contributed by atoms with Gasteiger partial charge < -0.3 is 4.74 Å². The van der Waals surface area contributed by atoms with Crippen molar-refractivity contribution in [3.63, 3.8) is 0 Å². The minimum absolute atomic E-state index is 0.531. The van der Waals surface area contributed by atoms with Gasteiger partial charge in [-0.25, -0.2) is 29.9 Å². The Morgan fingerprint density at radius 3 is 1.34 bits per heavy atom. The molecule has 8 heteroatoms. The van der Waals surface area contributed by atoms with Crippen LogP contribution in [0.3, 0.4) is 0 Å². The number of ether oxygens (including phenoxy) is 1. The number of aromatic nitrogens is 6. The van der Waals surface area contributed by atoms with Gasteiger partial charge in [-0.3, -0.25) is 0 Å². The molecule has 0 saturated carbocycles. The molecule has 0 aliphatic carbocycles. The molecule has 0 fully saturated rings. The lowest BCUT2D eigenvalue weighted by Crippen LogP contribution is -2.01. The van der Waals surface area contributed by atoms with E-state index in [1.54, 1.807) is 11.3 Å². The lowest BCUT2D eigenvalue weighted by atomic mass is 10.1. The first-order chi connectivity index (χ1) is 27.7.